The molecule has 1 saturated carbocycles. The fourth-order valence-electron chi connectivity index (χ4n) is 4.49. The molecule has 0 amide bonds. The van der Waals surface area contributed by atoms with Crippen LogP contribution < -0.4 is 0 Å². The van der Waals surface area contributed by atoms with E-state index in [0.29, 0.717) is 5.92 Å². The van der Waals surface area contributed by atoms with Gasteiger partial charge in [0, 0.05) is 30.2 Å². The van der Waals surface area contributed by atoms with Gasteiger partial charge in [0.1, 0.15) is 0 Å². The van der Waals surface area contributed by atoms with E-state index in [2.05, 4.69) is 58.1 Å². The normalized spacial score (nSPS) is 17.4. The van der Waals surface area contributed by atoms with Crippen molar-refractivity contribution in [1.82, 2.24) is 9.47 Å². The minimum absolute atomic E-state index is 0.587. The van der Waals surface area contributed by atoms with Crippen molar-refractivity contribution in [2.24, 2.45) is 0 Å². The van der Waals surface area contributed by atoms with E-state index in [-0.39, 0.29) is 0 Å². The number of nitriles is 1. The maximum Gasteiger partial charge on any atom is 0.0994 e. The highest BCUT2D eigenvalue weighted by molar-refractivity contribution is 5.95. The number of rotatable bonds is 5. The summed E-state index contributed by atoms with van der Waals surface area (Å²) in [5.41, 5.74) is 5.90. The van der Waals surface area contributed by atoms with Crippen LogP contribution >= 0.6 is 0 Å². The van der Waals surface area contributed by atoms with Crippen LogP contribution in [-0.4, -0.2) is 29.1 Å². The molecule has 0 atom stereocenters. The maximum absolute atomic E-state index is 9.42. The number of nitrogens with zero attached hydrogens (tertiary/aromatic N) is 3. The highest BCUT2D eigenvalue weighted by Crippen LogP contribution is 2.43. The Labute approximate surface area is 160 Å². The van der Waals surface area contributed by atoms with Crippen LogP contribution in [0.15, 0.2) is 48.7 Å². The van der Waals surface area contributed by atoms with Crippen LogP contribution in [0, 0.1) is 11.3 Å². The van der Waals surface area contributed by atoms with Gasteiger partial charge in [-0.15, -0.1) is 0 Å². The van der Waals surface area contributed by atoms with Crippen LogP contribution in [-0.2, 0) is 6.54 Å². The molecule has 0 radical (unpaired) electrons. The molecule has 3 aromatic rings. The molecule has 1 aliphatic heterocycles. The number of aromatic nitrogens is 1. The molecule has 2 aliphatic rings. The van der Waals surface area contributed by atoms with Crippen molar-refractivity contribution in [2.45, 2.75) is 38.1 Å². The molecular formula is C24H25N3. The van der Waals surface area contributed by atoms with Crippen LogP contribution in [0.3, 0.4) is 0 Å². The molecule has 2 fully saturated rings. The van der Waals surface area contributed by atoms with E-state index in [1.807, 2.05) is 6.07 Å². The van der Waals surface area contributed by atoms with Gasteiger partial charge in [0.2, 0.25) is 0 Å². The van der Waals surface area contributed by atoms with Crippen LogP contribution in [0.1, 0.15) is 42.7 Å². The Morgan fingerprint density at radius 1 is 1.00 bits per heavy atom. The number of hydrogen-bond donors (Lipinski definition) is 0. The quantitative estimate of drug-likeness (QED) is 0.634. The summed E-state index contributed by atoms with van der Waals surface area (Å²) in [4.78, 5) is 2.57. The second kappa shape index (κ2) is 6.87. The van der Waals surface area contributed by atoms with Gasteiger partial charge in [0.15, 0.2) is 0 Å². The molecule has 0 bridgehead atoms. The van der Waals surface area contributed by atoms with Gasteiger partial charge in [0.05, 0.1) is 11.6 Å². The van der Waals surface area contributed by atoms with Crippen molar-refractivity contribution in [3.63, 3.8) is 0 Å². The van der Waals surface area contributed by atoms with Crippen molar-refractivity contribution in [2.75, 3.05) is 19.6 Å². The van der Waals surface area contributed by atoms with E-state index in [0.717, 1.165) is 18.7 Å². The molecule has 5 rings (SSSR count). The summed E-state index contributed by atoms with van der Waals surface area (Å²) in [5, 5.41) is 10.7. The molecule has 3 heteroatoms. The zero-order chi connectivity index (χ0) is 18.2. The van der Waals surface area contributed by atoms with Gasteiger partial charge in [-0.25, -0.2) is 0 Å². The van der Waals surface area contributed by atoms with Crippen molar-refractivity contribution < 1.29 is 0 Å². The van der Waals surface area contributed by atoms with Crippen molar-refractivity contribution in [3.8, 4) is 17.2 Å². The van der Waals surface area contributed by atoms with Crippen LogP contribution in [0.2, 0.25) is 0 Å². The number of hydrogen-bond acceptors (Lipinski definition) is 2. The summed E-state index contributed by atoms with van der Waals surface area (Å²) < 4.78 is 2.39. The molecule has 1 aliphatic carbocycles. The first-order valence-electron chi connectivity index (χ1n) is 10.2. The zero-order valence-electron chi connectivity index (χ0n) is 15.7. The van der Waals surface area contributed by atoms with Gasteiger partial charge in [-0.2, -0.15) is 5.26 Å². The monoisotopic (exact) mass is 355 g/mol. The molecular weight excluding hydrogens is 330 g/mol. The summed E-state index contributed by atoms with van der Waals surface area (Å²) in [5.74, 6) is 0.587. The molecule has 1 saturated heterocycles. The summed E-state index contributed by atoms with van der Waals surface area (Å²) >= 11 is 0. The number of likely N-dealkylation sites (tertiary alicyclic amines) is 1. The highest BCUT2D eigenvalue weighted by Gasteiger charge is 2.26. The standard InChI is InChI=1S/C24H25N3/c25-17-20-9-8-19(16-23(20)18-6-7-18)21-4-3-5-24-22(21)10-13-27(24)15-14-26-11-1-2-12-26/h3-5,8-10,13,16,18H,1-2,6-7,11-12,14-15H2. The summed E-state index contributed by atoms with van der Waals surface area (Å²) in [6.45, 7) is 4.68. The minimum atomic E-state index is 0.587. The summed E-state index contributed by atoms with van der Waals surface area (Å²) in [6.07, 6.45) is 7.36. The molecule has 0 N–H and O–H groups in total. The third kappa shape index (κ3) is 3.15. The topological polar surface area (TPSA) is 32.0 Å². The van der Waals surface area contributed by atoms with Gasteiger partial charge in [-0.3, -0.25) is 0 Å². The van der Waals surface area contributed by atoms with Gasteiger partial charge >= 0.3 is 0 Å². The lowest BCUT2D eigenvalue weighted by Gasteiger charge is -2.15. The predicted octanol–water partition coefficient (Wildman–Crippen LogP) is 5.15. The first-order chi connectivity index (χ1) is 13.3. The average molecular weight is 355 g/mol. The van der Waals surface area contributed by atoms with E-state index in [9.17, 15) is 5.26 Å². The van der Waals surface area contributed by atoms with E-state index >= 15 is 0 Å². The Balaban J connectivity index is 1.49. The highest BCUT2D eigenvalue weighted by atomic mass is 15.2. The first kappa shape index (κ1) is 16.6. The van der Waals surface area contributed by atoms with Gasteiger partial charge < -0.3 is 9.47 Å². The SMILES string of the molecule is N#Cc1ccc(-c2cccc3c2ccn3CCN2CCCC2)cc1C1CC1. The fraction of sp³-hybridized carbons (Fsp3) is 0.375. The molecule has 3 nitrogen and oxygen atoms in total. The molecule has 0 unspecified atom stereocenters. The lowest BCUT2D eigenvalue weighted by Crippen LogP contribution is -2.23. The summed E-state index contributed by atoms with van der Waals surface area (Å²) in [6, 6.07) is 17.6. The fourth-order valence-corrected chi connectivity index (χ4v) is 4.49. The Bertz CT molecular complexity index is 1010. The van der Waals surface area contributed by atoms with Gasteiger partial charge in [-0.1, -0.05) is 18.2 Å². The molecule has 1 aromatic heterocycles. The van der Waals surface area contributed by atoms with Gasteiger partial charge in [-0.05, 0) is 85.6 Å². The van der Waals surface area contributed by atoms with Gasteiger partial charge in [0.25, 0.3) is 0 Å². The second-order valence-electron chi connectivity index (χ2n) is 7.98. The summed E-state index contributed by atoms with van der Waals surface area (Å²) in [7, 11) is 0. The third-order valence-corrected chi connectivity index (χ3v) is 6.17. The van der Waals surface area contributed by atoms with Crippen molar-refractivity contribution >= 4 is 10.9 Å². The third-order valence-electron chi connectivity index (χ3n) is 6.17. The zero-order valence-corrected chi connectivity index (χ0v) is 15.7. The van der Waals surface area contributed by atoms with Crippen LogP contribution in [0.4, 0.5) is 0 Å². The molecule has 27 heavy (non-hydrogen) atoms. The predicted molar refractivity (Wildman–Crippen MR) is 110 cm³/mol. The average Bonchev–Trinajstić information content (AvgIpc) is 3.26. The van der Waals surface area contributed by atoms with E-state index in [1.54, 1.807) is 0 Å². The number of fused-ring (bicyclic) bond motifs is 1. The van der Waals surface area contributed by atoms with Crippen molar-refractivity contribution in [3.05, 3.63) is 59.8 Å². The lowest BCUT2D eigenvalue weighted by molar-refractivity contribution is 0.324. The maximum atomic E-state index is 9.42. The van der Waals surface area contributed by atoms with Crippen LogP contribution in [0.5, 0.6) is 0 Å². The smallest absolute Gasteiger partial charge is 0.0994 e. The van der Waals surface area contributed by atoms with Crippen molar-refractivity contribution in [1.29, 1.82) is 5.26 Å². The lowest BCUT2D eigenvalue weighted by atomic mass is 9.95. The minimum Gasteiger partial charge on any atom is -0.346 e. The van der Waals surface area contributed by atoms with E-state index in [1.165, 1.54) is 66.4 Å². The van der Waals surface area contributed by atoms with E-state index < -0.39 is 0 Å². The number of benzene rings is 2. The molecule has 136 valence electrons. The Kier molecular flexibility index (Phi) is 4.22. The molecule has 2 heterocycles. The largest absolute Gasteiger partial charge is 0.346 e. The Morgan fingerprint density at radius 2 is 1.85 bits per heavy atom. The Morgan fingerprint density at radius 3 is 2.63 bits per heavy atom. The Hall–Kier alpha value is -2.57. The first-order valence-corrected chi connectivity index (χ1v) is 10.2. The van der Waals surface area contributed by atoms with Crippen LogP contribution in [0.25, 0.3) is 22.0 Å². The molecule has 0 spiro atoms. The molecule has 2 aromatic carbocycles. The van der Waals surface area contributed by atoms with E-state index in [4.69, 9.17) is 0 Å². The second-order valence-corrected chi connectivity index (χ2v) is 7.98.